The third-order valence-corrected chi connectivity index (χ3v) is 3.21. The van der Waals surface area contributed by atoms with Crippen LogP contribution in [0.15, 0.2) is 48.5 Å². The predicted molar refractivity (Wildman–Crippen MR) is 76.2 cm³/mol. The van der Waals surface area contributed by atoms with Gasteiger partial charge < -0.3 is 4.74 Å². The van der Waals surface area contributed by atoms with Crippen LogP contribution < -0.4 is 4.74 Å². The Kier molecular flexibility index (Phi) is 4.40. The van der Waals surface area contributed by atoms with Gasteiger partial charge in [0.15, 0.2) is 0 Å². The van der Waals surface area contributed by atoms with Crippen molar-refractivity contribution in [3.05, 3.63) is 65.2 Å². The molecule has 0 aliphatic carbocycles. The van der Waals surface area contributed by atoms with E-state index >= 15 is 0 Å². The molecule has 0 N–H and O–H groups in total. The molecule has 0 amide bonds. The molecule has 0 aliphatic rings. The second kappa shape index (κ2) is 6.25. The Morgan fingerprint density at radius 2 is 1.28 bits per heavy atom. The molecule has 0 aliphatic heterocycles. The minimum Gasteiger partial charge on any atom is -0.497 e. The zero-order valence-corrected chi connectivity index (χ0v) is 11.1. The van der Waals surface area contributed by atoms with Gasteiger partial charge in [-0.1, -0.05) is 42.0 Å². The minimum absolute atomic E-state index is 0.928. The lowest BCUT2D eigenvalue weighted by molar-refractivity contribution is 0.414. The number of rotatable bonds is 5. The highest BCUT2D eigenvalue weighted by Gasteiger charge is 1.97. The Morgan fingerprint density at radius 3 is 1.78 bits per heavy atom. The Bertz CT molecular complexity index is 468. The van der Waals surface area contributed by atoms with Crippen molar-refractivity contribution in [1.82, 2.24) is 0 Å². The molecule has 0 saturated heterocycles. The molecule has 2 rings (SSSR count). The summed E-state index contributed by atoms with van der Waals surface area (Å²) in [5, 5.41) is 0. The van der Waals surface area contributed by atoms with Crippen molar-refractivity contribution in [3.63, 3.8) is 0 Å². The standard InChI is InChI=1S/C17H20O/c1-14-6-8-15(9-7-14)4-3-5-16-10-12-17(18-2)13-11-16/h6-13H,3-5H2,1-2H3. The van der Waals surface area contributed by atoms with Crippen LogP contribution in [0.4, 0.5) is 0 Å². The summed E-state index contributed by atoms with van der Waals surface area (Å²) in [5.41, 5.74) is 4.13. The van der Waals surface area contributed by atoms with E-state index in [4.69, 9.17) is 4.74 Å². The Morgan fingerprint density at radius 1 is 0.778 bits per heavy atom. The maximum Gasteiger partial charge on any atom is 0.118 e. The average molecular weight is 240 g/mol. The highest BCUT2D eigenvalue weighted by molar-refractivity contribution is 5.27. The summed E-state index contributed by atoms with van der Waals surface area (Å²) >= 11 is 0. The van der Waals surface area contributed by atoms with Crippen molar-refractivity contribution in [1.29, 1.82) is 0 Å². The molecule has 0 atom stereocenters. The largest absolute Gasteiger partial charge is 0.497 e. The lowest BCUT2D eigenvalue weighted by Gasteiger charge is -2.04. The van der Waals surface area contributed by atoms with Crippen LogP contribution in [-0.4, -0.2) is 7.11 Å². The van der Waals surface area contributed by atoms with E-state index < -0.39 is 0 Å². The quantitative estimate of drug-likeness (QED) is 0.762. The number of hydrogen-bond donors (Lipinski definition) is 0. The summed E-state index contributed by atoms with van der Waals surface area (Å²) in [6, 6.07) is 17.2. The van der Waals surface area contributed by atoms with Crippen molar-refractivity contribution in [2.45, 2.75) is 26.2 Å². The first-order valence-electron chi connectivity index (χ1n) is 6.46. The van der Waals surface area contributed by atoms with E-state index in [1.165, 1.54) is 23.1 Å². The molecule has 18 heavy (non-hydrogen) atoms. The van der Waals surface area contributed by atoms with Gasteiger partial charge in [0.1, 0.15) is 5.75 Å². The molecule has 0 fully saturated rings. The van der Waals surface area contributed by atoms with E-state index in [9.17, 15) is 0 Å². The number of methoxy groups -OCH3 is 1. The molecule has 1 heteroatoms. The van der Waals surface area contributed by atoms with Gasteiger partial charge >= 0.3 is 0 Å². The minimum atomic E-state index is 0.928. The first-order valence-corrected chi connectivity index (χ1v) is 6.46. The Labute approximate surface area is 109 Å². The van der Waals surface area contributed by atoms with E-state index in [1.807, 2.05) is 12.1 Å². The normalized spacial score (nSPS) is 10.3. The predicted octanol–water partition coefficient (Wildman–Crippen LogP) is 4.18. The van der Waals surface area contributed by atoms with Crippen molar-refractivity contribution < 1.29 is 4.74 Å². The zero-order valence-electron chi connectivity index (χ0n) is 11.1. The van der Waals surface area contributed by atoms with Crippen LogP contribution in [0.5, 0.6) is 5.75 Å². The fraction of sp³-hybridized carbons (Fsp3) is 0.294. The SMILES string of the molecule is COc1ccc(CCCc2ccc(C)cc2)cc1. The van der Waals surface area contributed by atoms with E-state index in [0.29, 0.717) is 0 Å². The molecular weight excluding hydrogens is 220 g/mol. The lowest BCUT2D eigenvalue weighted by atomic mass is 10.0. The van der Waals surface area contributed by atoms with Crippen molar-refractivity contribution in [2.24, 2.45) is 0 Å². The molecule has 0 aromatic heterocycles. The Hall–Kier alpha value is -1.76. The van der Waals surface area contributed by atoms with Gasteiger partial charge in [-0.05, 0) is 49.4 Å². The van der Waals surface area contributed by atoms with E-state index in [0.717, 1.165) is 18.6 Å². The molecule has 0 heterocycles. The summed E-state index contributed by atoms with van der Waals surface area (Å²) in [7, 11) is 1.70. The van der Waals surface area contributed by atoms with Crippen LogP contribution in [0, 0.1) is 6.92 Å². The van der Waals surface area contributed by atoms with Gasteiger partial charge in [0.25, 0.3) is 0 Å². The molecule has 2 aromatic carbocycles. The van der Waals surface area contributed by atoms with Gasteiger partial charge in [0.2, 0.25) is 0 Å². The lowest BCUT2D eigenvalue weighted by Crippen LogP contribution is -1.91. The van der Waals surface area contributed by atoms with Crippen LogP contribution >= 0.6 is 0 Å². The van der Waals surface area contributed by atoms with Crippen molar-refractivity contribution >= 4 is 0 Å². The summed E-state index contributed by atoms with van der Waals surface area (Å²) in [5.74, 6) is 0.928. The first-order chi connectivity index (χ1) is 8.78. The summed E-state index contributed by atoms with van der Waals surface area (Å²) < 4.78 is 5.15. The third-order valence-electron chi connectivity index (χ3n) is 3.21. The molecule has 2 aromatic rings. The number of hydrogen-bond acceptors (Lipinski definition) is 1. The monoisotopic (exact) mass is 240 g/mol. The van der Waals surface area contributed by atoms with Crippen LogP contribution in [0.25, 0.3) is 0 Å². The van der Waals surface area contributed by atoms with Crippen LogP contribution in [-0.2, 0) is 12.8 Å². The van der Waals surface area contributed by atoms with Gasteiger partial charge in [-0.3, -0.25) is 0 Å². The first kappa shape index (κ1) is 12.7. The zero-order chi connectivity index (χ0) is 12.8. The molecule has 0 spiro atoms. The highest BCUT2D eigenvalue weighted by Crippen LogP contribution is 2.14. The van der Waals surface area contributed by atoms with Crippen LogP contribution in [0.2, 0.25) is 0 Å². The second-order valence-electron chi connectivity index (χ2n) is 4.69. The van der Waals surface area contributed by atoms with Gasteiger partial charge in [-0.2, -0.15) is 0 Å². The van der Waals surface area contributed by atoms with Crippen molar-refractivity contribution in [2.75, 3.05) is 7.11 Å². The molecule has 1 nitrogen and oxygen atoms in total. The topological polar surface area (TPSA) is 9.23 Å². The Balaban J connectivity index is 1.82. The third kappa shape index (κ3) is 3.63. The summed E-state index contributed by atoms with van der Waals surface area (Å²) in [6.07, 6.45) is 3.46. The van der Waals surface area contributed by atoms with Gasteiger partial charge in [-0.25, -0.2) is 0 Å². The van der Waals surface area contributed by atoms with Crippen LogP contribution in [0.1, 0.15) is 23.1 Å². The molecule has 0 radical (unpaired) electrons. The van der Waals surface area contributed by atoms with E-state index in [2.05, 4.69) is 43.3 Å². The van der Waals surface area contributed by atoms with Crippen molar-refractivity contribution in [3.8, 4) is 5.75 Å². The van der Waals surface area contributed by atoms with Gasteiger partial charge in [0.05, 0.1) is 7.11 Å². The average Bonchev–Trinajstić information content (AvgIpc) is 2.42. The van der Waals surface area contributed by atoms with Gasteiger partial charge in [-0.15, -0.1) is 0 Å². The van der Waals surface area contributed by atoms with Crippen LogP contribution in [0.3, 0.4) is 0 Å². The molecule has 0 saturated carbocycles. The fourth-order valence-corrected chi connectivity index (χ4v) is 2.04. The fourth-order valence-electron chi connectivity index (χ4n) is 2.04. The maximum atomic E-state index is 5.15. The highest BCUT2D eigenvalue weighted by atomic mass is 16.5. The van der Waals surface area contributed by atoms with E-state index in [1.54, 1.807) is 7.11 Å². The molecule has 0 bridgehead atoms. The molecule has 0 unspecified atom stereocenters. The summed E-state index contributed by atoms with van der Waals surface area (Å²) in [4.78, 5) is 0. The number of ether oxygens (including phenoxy) is 1. The number of aryl methyl sites for hydroxylation is 3. The van der Waals surface area contributed by atoms with Gasteiger partial charge in [0, 0.05) is 0 Å². The smallest absolute Gasteiger partial charge is 0.118 e. The molecular formula is C17H20O. The maximum absolute atomic E-state index is 5.15. The second-order valence-corrected chi connectivity index (χ2v) is 4.69. The number of benzene rings is 2. The summed E-state index contributed by atoms with van der Waals surface area (Å²) in [6.45, 7) is 2.13. The molecule has 94 valence electrons. The van der Waals surface area contributed by atoms with E-state index in [-0.39, 0.29) is 0 Å².